The molecular weight excluding hydrogens is 522 g/mol. The lowest BCUT2D eigenvalue weighted by Crippen LogP contribution is -2.33. The van der Waals surface area contributed by atoms with E-state index < -0.39 is 12.0 Å². The highest BCUT2D eigenvalue weighted by molar-refractivity contribution is 6.05. The molecule has 1 atom stereocenters. The molecule has 0 bridgehead atoms. The first-order valence-corrected chi connectivity index (χ1v) is 13.5. The van der Waals surface area contributed by atoms with Crippen LogP contribution in [0.5, 0.6) is 5.75 Å². The van der Waals surface area contributed by atoms with Gasteiger partial charge in [-0.3, -0.25) is 19.1 Å². The van der Waals surface area contributed by atoms with Crippen molar-refractivity contribution >= 4 is 51.4 Å². The van der Waals surface area contributed by atoms with E-state index in [0.29, 0.717) is 30.2 Å². The Morgan fingerprint density at radius 1 is 1.07 bits per heavy atom. The van der Waals surface area contributed by atoms with E-state index in [9.17, 15) is 14.4 Å². The third-order valence-corrected chi connectivity index (χ3v) is 7.32. The Kier molecular flexibility index (Phi) is 6.88. The molecule has 0 radical (unpaired) electrons. The van der Waals surface area contributed by atoms with Crippen LogP contribution in [0.15, 0.2) is 72.9 Å². The number of hydrogen-bond donors (Lipinski definition) is 2. The first-order valence-electron chi connectivity index (χ1n) is 13.5. The van der Waals surface area contributed by atoms with Gasteiger partial charge in [-0.2, -0.15) is 0 Å². The van der Waals surface area contributed by atoms with Gasteiger partial charge in [0.15, 0.2) is 0 Å². The van der Waals surface area contributed by atoms with Crippen molar-refractivity contribution in [2.24, 2.45) is 0 Å². The second-order valence-electron chi connectivity index (χ2n) is 9.80. The van der Waals surface area contributed by atoms with Crippen LogP contribution in [0, 0.1) is 0 Å². The van der Waals surface area contributed by atoms with E-state index in [1.807, 2.05) is 53.2 Å². The number of rotatable bonds is 9. The van der Waals surface area contributed by atoms with E-state index in [2.05, 4.69) is 10.3 Å². The number of imidazole rings is 1. The van der Waals surface area contributed by atoms with E-state index in [4.69, 9.17) is 14.5 Å². The minimum Gasteiger partial charge on any atom is -0.497 e. The highest BCUT2D eigenvalue weighted by Gasteiger charge is 2.40. The van der Waals surface area contributed by atoms with Gasteiger partial charge in [0.05, 0.1) is 36.7 Å². The maximum Gasteiger partial charge on any atom is 0.338 e. The van der Waals surface area contributed by atoms with Gasteiger partial charge in [-0.05, 0) is 73.5 Å². The van der Waals surface area contributed by atoms with Gasteiger partial charge in [-0.15, -0.1) is 0 Å². The number of aromatic nitrogens is 3. The number of aromatic amines is 1. The van der Waals surface area contributed by atoms with Crippen LogP contribution < -0.4 is 15.0 Å². The molecule has 0 saturated carbocycles. The lowest BCUT2D eigenvalue weighted by Gasteiger charge is -2.16. The summed E-state index contributed by atoms with van der Waals surface area (Å²) in [7, 11) is 1.63. The molecule has 5 aromatic rings. The molecule has 3 heterocycles. The van der Waals surface area contributed by atoms with Crippen LogP contribution in [0.3, 0.4) is 0 Å². The maximum atomic E-state index is 13.8. The predicted octanol–water partition coefficient (Wildman–Crippen LogP) is 4.86. The number of hydrogen-bond acceptors (Lipinski definition) is 6. The minimum atomic E-state index is -0.737. The molecule has 6 rings (SSSR count). The van der Waals surface area contributed by atoms with Crippen molar-refractivity contribution < 1.29 is 23.9 Å². The normalized spacial score (nSPS) is 14.4. The Morgan fingerprint density at radius 3 is 2.66 bits per heavy atom. The highest BCUT2D eigenvalue weighted by atomic mass is 16.5. The number of anilines is 2. The predicted molar refractivity (Wildman–Crippen MR) is 155 cm³/mol. The molecule has 3 aromatic carbocycles. The molecule has 1 aliphatic heterocycles. The van der Waals surface area contributed by atoms with Crippen LogP contribution in [0.25, 0.3) is 21.9 Å². The van der Waals surface area contributed by atoms with Crippen molar-refractivity contribution in [3.8, 4) is 5.75 Å². The highest BCUT2D eigenvalue weighted by Crippen LogP contribution is 2.37. The SMILES string of the molecule is CCOC(=O)c1ccc(NC(=O)CC2C(=O)N(CCc3c[nH]c4ccc(OC)cc34)c3nc4ccccc4n32)cc1. The van der Waals surface area contributed by atoms with Crippen LogP contribution in [-0.4, -0.2) is 52.6 Å². The fraction of sp³-hybridized carbons (Fsp3) is 0.226. The molecule has 1 unspecified atom stereocenters. The second-order valence-corrected chi connectivity index (χ2v) is 9.80. The Balaban J connectivity index is 1.22. The quantitative estimate of drug-likeness (QED) is 0.253. The lowest BCUT2D eigenvalue weighted by molar-refractivity contribution is -0.124. The summed E-state index contributed by atoms with van der Waals surface area (Å²) in [6.45, 7) is 2.43. The first-order chi connectivity index (χ1) is 20.0. The average molecular weight is 552 g/mol. The number of fused-ring (bicyclic) bond motifs is 4. The lowest BCUT2D eigenvalue weighted by atomic mass is 10.1. The van der Waals surface area contributed by atoms with Gasteiger partial charge in [0.1, 0.15) is 11.8 Å². The van der Waals surface area contributed by atoms with Crippen molar-refractivity contribution in [3.63, 3.8) is 0 Å². The number of esters is 1. The first kappa shape index (κ1) is 26.1. The zero-order valence-electron chi connectivity index (χ0n) is 22.7. The van der Waals surface area contributed by atoms with Crippen molar-refractivity contribution in [3.05, 3.63) is 84.1 Å². The Hall–Kier alpha value is -5.12. The van der Waals surface area contributed by atoms with Crippen LogP contribution in [-0.2, 0) is 20.7 Å². The molecule has 2 aromatic heterocycles. The number of para-hydroxylation sites is 2. The zero-order valence-corrected chi connectivity index (χ0v) is 22.7. The van der Waals surface area contributed by atoms with Crippen molar-refractivity contribution in [1.29, 1.82) is 0 Å². The molecule has 41 heavy (non-hydrogen) atoms. The summed E-state index contributed by atoms with van der Waals surface area (Å²) in [6.07, 6.45) is 2.48. The largest absolute Gasteiger partial charge is 0.497 e. The fourth-order valence-corrected chi connectivity index (χ4v) is 5.32. The molecular formula is C31H29N5O5. The number of methoxy groups -OCH3 is 1. The molecule has 0 spiro atoms. The summed E-state index contributed by atoms with van der Waals surface area (Å²) in [5.41, 5.74) is 4.53. The topological polar surface area (TPSA) is 119 Å². The monoisotopic (exact) mass is 551 g/mol. The molecule has 2 N–H and O–H groups in total. The summed E-state index contributed by atoms with van der Waals surface area (Å²) in [6, 6.07) is 19.2. The molecule has 1 aliphatic rings. The van der Waals surface area contributed by atoms with Gasteiger partial charge in [0.25, 0.3) is 5.91 Å². The number of carbonyl (C=O) groups excluding carboxylic acids is 3. The molecule has 0 saturated heterocycles. The smallest absolute Gasteiger partial charge is 0.338 e. The van der Waals surface area contributed by atoms with E-state index in [1.54, 1.807) is 43.2 Å². The third-order valence-electron chi connectivity index (χ3n) is 7.32. The molecule has 208 valence electrons. The molecule has 0 fully saturated rings. The Bertz CT molecular complexity index is 1770. The molecule has 0 aliphatic carbocycles. The number of nitrogens with zero attached hydrogens (tertiary/aromatic N) is 3. The number of amides is 2. The summed E-state index contributed by atoms with van der Waals surface area (Å²) in [5.74, 6) is 0.377. The fourth-order valence-electron chi connectivity index (χ4n) is 5.32. The van der Waals surface area contributed by atoms with Crippen molar-refractivity contribution in [2.75, 3.05) is 30.5 Å². The van der Waals surface area contributed by atoms with Crippen LogP contribution in [0.4, 0.5) is 11.6 Å². The number of nitrogens with one attached hydrogen (secondary N) is 2. The molecule has 10 nitrogen and oxygen atoms in total. The van der Waals surface area contributed by atoms with Gasteiger partial charge >= 0.3 is 5.97 Å². The standard InChI is InChI=1S/C31H29N5O5/c1-3-41-30(39)19-8-10-21(11-9-19)33-28(37)17-27-29(38)35(31-34-25-6-4-5-7-26(25)36(27)31)15-14-20-18-32-24-13-12-22(40-2)16-23(20)24/h4-13,16,18,27,32H,3,14-15,17H2,1-2H3,(H,33,37). The maximum absolute atomic E-state index is 13.8. The summed E-state index contributed by atoms with van der Waals surface area (Å²) in [4.78, 5) is 48.5. The number of benzene rings is 3. The summed E-state index contributed by atoms with van der Waals surface area (Å²) in [5, 5.41) is 3.88. The van der Waals surface area contributed by atoms with E-state index in [1.165, 1.54) is 0 Å². The Labute approximate surface area is 235 Å². The molecule has 10 heteroatoms. The molecule has 2 amide bonds. The van der Waals surface area contributed by atoms with E-state index in [0.717, 1.165) is 33.2 Å². The number of carbonyl (C=O) groups is 3. The minimum absolute atomic E-state index is 0.0629. The van der Waals surface area contributed by atoms with Crippen LogP contribution >= 0.6 is 0 Å². The average Bonchev–Trinajstić information content (AvgIpc) is 3.64. The second kappa shape index (κ2) is 10.8. The summed E-state index contributed by atoms with van der Waals surface area (Å²) < 4.78 is 12.3. The van der Waals surface area contributed by atoms with Crippen molar-refractivity contribution in [2.45, 2.75) is 25.8 Å². The third kappa shape index (κ3) is 4.88. The van der Waals surface area contributed by atoms with Gasteiger partial charge in [-0.1, -0.05) is 12.1 Å². The van der Waals surface area contributed by atoms with E-state index in [-0.39, 0.29) is 24.8 Å². The van der Waals surface area contributed by atoms with Gasteiger partial charge in [0.2, 0.25) is 11.9 Å². The van der Waals surface area contributed by atoms with E-state index >= 15 is 0 Å². The summed E-state index contributed by atoms with van der Waals surface area (Å²) >= 11 is 0. The number of H-pyrrole nitrogens is 1. The zero-order chi connectivity index (χ0) is 28.5. The Morgan fingerprint density at radius 2 is 1.88 bits per heavy atom. The van der Waals surface area contributed by atoms with Crippen LogP contribution in [0.2, 0.25) is 0 Å². The van der Waals surface area contributed by atoms with Gasteiger partial charge in [0, 0.05) is 29.3 Å². The van der Waals surface area contributed by atoms with Gasteiger partial charge in [-0.25, -0.2) is 9.78 Å². The van der Waals surface area contributed by atoms with Gasteiger partial charge < -0.3 is 19.8 Å². The number of ether oxygens (including phenoxy) is 2. The van der Waals surface area contributed by atoms with Crippen LogP contribution in [0.1, 0.15) is 35.3 Å². The van der Waals surface area contributed by atoms with Crippen molar-refractivity contribution in [1.82, 2.24) is 14.5 Å².